The second kappa shape index (κ2) is 8.04. The van der Waals surface area contributed by atoms with Crippen molar-refractivity contribution in [1.82, 2.24) is 4.98 Å². The van der Waals surface area contributed by atoms with E-state index < -0.39 is 5.91 Å². The van der Waals surface area contributed by atoms with Crippen molar-refractivity contribution in [3.63, 3.8) is 0 Å². The zero-order chi connectivity index (χ0) is 17.6. The standard InChI is InChI=1S/C18H17N3O2S2/c19-16(22)8-9-21(14-5-2-1-3-6-14)17(23)11-13-12-25-18(20-13)15-7-4-10-24-15/h1-7,10,12H,8-9,11H2,(H2,19,22). The summed E-state index contributed by atoms with van der Waals surface area (Å²) in [5.74, 6) is -0.530. The van der Waals surface area contributed by atoms with E-state index in [9.17, 15) is 9.59 Å². The first kappa shape index (κ1) is 17.3. The van der Waals surface area contributed by atoms with Crippen LogP contribution in [0.15, 0.2) is 53.2 Å². The Balaban J connectivity index is 1.75. The summed E-state index contributed by atoms with van der Waals surface area (Å²) in [6.45, 7) is 0.264. The summed E-state index contributed by atoms with van der Waals surface area (Å²) in [6.07, 6.45) is 0.313. The molecule has 0 aliphatic heterocycles. The molecule has 25 heavy (non-hydrogen) atoms. The van der Waals surface area contributed by atoms with Crippen LogP contribution < -0.4 is 10.6 Å². The number of para-hydroxylation sites is 1. The number of nitrogens with zero attached hydrogens (tertiary/aromatic N) is 2. The highest BCUT2D eigenvalue weighted by atomic mass is 32.1. The van der Waals surface area contributed by atoms with Crippen LogP contribution in [0.3, 0.4) is 0 Å². The van der Waals surface area contributed by atoms with Crippen LogP contribution in [-0.2, 0) is 16.0 Å². The average Bonchev–Trinajstić information content (AvgIpc) is 3.27. The Morgan fingerprint density at radius 3 is 2.56 bits per heavy atom. The highest BCUT2D eigenvalue weighted by Crippen LogP contribution is 2.28. The number of thiophene rings is 1. The van der Waals surface area contributed by atoms with E-state index in [1.165, 1.54) is 11.3 Å². The molecule has 128 valence electrons. The maximum absolute atomic E-state index is 12.8. The summed E-state index contributed by atoms with van der Waals surface area (Å²) in [4.78, 5) is 31.1. The van der Waals surface area contributed by atoms with E-state index in [1.807, 2.05) is 53.2 Å². The maximum Gasteiger partial charge on any atom is 0.233 e. The molecule has 2 amide bonds. The highest BCUT2D eigenvalue weighted by Gasteiger charge is 2.18. The Morgan fingerprint density at radius 1 is 1.08 bits per heavy atom. The number of amides is 2. The van der Waals surface area contributed by atoms with Crippen LogP contribution in [0.25, 0.3) is 9.88 Å². The zero-order valence-corrected chi connectivity index (χ0v) is 15.1. The van der Waals surface area contributed by atoms with E-state index in [-0.39, 0.29) is 25.3 Å². The number of thiazole rings is 1. The van der Waals surface area contributed by atoms with Crippen molar-refractivity contribution >= 4 is 40.2 Å². The quantitative estimate of drug-likeness (QED) is 0.692. The summed E-state index contributed by atoms with van der Waals surface area (Å²) in [7, 11) is 0. The number of hydrogen-bond acceptors (Lipinski definition) is 5. The summed E-state index contributed by atoms with van der Waals surface area (Å²) in [6, 6.07) is 13.3. The van der Waals surface area contributed by atoms with Gasteiger partial charge in [0.2, 0.25) is 11.8 Å². The molecule has 2 N–H and O–H groups in total. The fraction of sp³-hybridized carbons (Fsp3) is 0.167. The molecule has 0 bridgehead atoms. The molecular weight excluding hydrogens is 354 g/mol. The van der Waals surface area contributed by atoms with Gasteiger partial charge in [0.05, 0.1) is 17.0 Å². The molecule has 2 heterocycles. The van der Waals surface area contributed by atoms with Gasteiger partial charge in [-0.15, -0.1) is 22.7 Å². The largest absolute Gasteiger partial charge is 0.370 e. The van der Waals surface area contributed by atoms with Crippen LogP contribution in [-0.4, -0.2) is 23.3 Å². The van der Waals surface area contributed by atoms with E-state index >= 15 is 0 Å². The highest BCUT2D eigenvalue weighted by molar-refractivity contribution is 7.20. The predicted octanol–water partition coefficient (Wildman–Crippen LogP) is 3.32. The molecule has 0 spiro atoms. The van der Waals surface area contributed by atoms with Crippen molar-refractivity contribution < 1.29 is 9.59 Å². The molecule has 0 saturated heterocycles. The zero-order valence-electron chi connectivity index (χ0n) is 13.4. The van der Waals surface area contributed by atoms with Gasteiger partial charge in [0, 0.05) is 24.0 Å². The van der Waals surface area contributed by atoms with E-state index in [1.54, 1.807) is 16.2 Å². The van der Waals surface area contributed by atoms with Gasteiger partial charge in [-0.2, -0.15) is 0 Å². The average molecular weight is 371 g/mol. The SMILES string of the molecule is NC(=O)CCN(C(=O)Cc1csc(-c2cccs2)n1)c1ccccc1. The van der Waals surface area contributed by atoms with Crippen LogP contribution >= 0.6 is 22.7 Å². The molecule has 0 aliphatic carbocycles. The molecule has 0 aliphatic rings. The minimum Gasteiger partial charge on any atom is -0.370 e. The van der Waals surface area contributed by atoms with Gasteiger partial charge in [-0.25, -0.2) is 4.98 Å². The lowest BCUT2D eigenvalue weighted by Gasteiger charge is -2.22. The first-order valence-corrected chi connectivity index (χ1v) is 9.51. The van der Waals surface area contributed by atoms with E-state index in [4.69, 9.17) is 5.73 Å². The lowest BCUT2D eigenvalue weighted by atomic mass is 10.2. The van der Waals surface area contributed by atoms with Crippen LogP contribution in [0.1, 0.15) is 12.1 Å². The number of aromatic nitrogens is 1. The fourth-order valence-corrected chi connectivity index (χ4v) is 4.01. The second-order valence-electron chi connectivity index (χ2n) is 5.40. The first-order valence-electron chi connectivity index (χ1n) is 7.75. The Labute approximate surface area is 153 Å². The van der Waals surface area contributed by atoms with Gasteiger partial charge >= 0.3 is 0 Å². The molecule has 0 unspecified atom stereocenters. The Kier molecular flexibility index (Phi) is 5.57. The minimum absolute atomic E-state index is 0.101. The Morgan fingerprint density at radius 2 is 1.88 bits per heavy atom. The monoisotopic (exact) mass is 371 g/mol. The maximum atomic E-state index is 12.8. The normalized spacial score (nSPS) is 10.6. The van der Waals surface area contributed by atoms with Crippen molar-refractivity contribution in [3.8, 4) is 9.88 Å². The number of primary amides is 1. The molecule has 1 aromatic carbocycles. The Hall–Kier alpha value is -2.51. The van der Waals surface area contributed by atoms with Gasteiger partial charge in [0.1, 0.15) is 5.01 Å². The first-order chi connectivity index (χ1) is 12.1. The van der Waals surface area contributed by atoms with Crippen LogP contribution in [0, 0.1) is 0 Å². The molecular formula is C18H17N3O2S2. The number of hydrogen-bond donors (Lipinski definition) is 1. The molecule has 3 aromatic rings. The molecule has 3 rings (SSSR count). The number of rotatable bonds is 7. The minimum atomic E-state index is -0.428. The van der Waals surface area contributed by atoms with Gasteiger partial charge in [-0.05, 0) is 23.6 Å². The van der Waals surface area contributed by atoms with Crippen molar-refractivity contribution in [2.75, 3.05) is 11.4 Å². The lowest BCUT2D eigenvalue weighted by molar-refractivity contribution is -0.118. The number of carbonyl (C=O) groups is 2. The van der Waals surface area contributed by atoms with Crippen molar-refractivity contribution in [2.24, 2.45) is 5.73 Å². The third kappa shape index (κ3) is 4.52. The number of carbonyl (C=O) groups excluding carboxylic acids is 2. The molecule has 7 heteroatoms. The number of nitrogens with two attached hydrogens (primary N) is 1. The smallest absolute Gasteiger partial charge is 0.233 e. The van der Waals surface area contributed by atoms with Gasteiger partial charge in [0.25, 0.3) is 0 Å². The fourth-order valence-electron chi connectivity index (χ4n) is 2.38. The van der Waals surface area contributed by atoms with Crippen molar-refractivity contribution in [2.45, 2.75) is 12.8 Å². The van der Waals surface area contributed by atoms with Crippen molar-refractivity contribution in [3.05, 3.63) is 58.9 Å². The predicted molar refractivity (Wildman–Crippen MR) is 102 cm³/mol. The third-order valence-corrected chi connectivity index (χ3v) is 5.50. The summed E-state index contributed by atoms with van der Waals surface area (Å²) in [5.41, 5.74) is 6.73. The topological polar surface area (TPSA) is 76.3 Å². The molecule has 0 atom stereocenters. The molecule has 0 fully saturated rings. The van der Waals surface area contributed by atoms with E-state index in [0.29, 0.717) is 0 Å². The van der Waals surface area contributed by atoms with Gasteiger partial charge in [0.15, 0.2) is 0 Å². The summed E-state index contributed by atoms with van der Waals surface area (Å²) in [5, 5.41) is 4.83. The van der Waals surface area contributed by atoms with Crippen LogP contribution in [0.5, 0.6) is 0 Å². The van der Waals surface area contributed by atoms with Gasteiger partial charge in [-0.3, -0.25) is 9.59 Å². The van der Waals surface area contributed by atoms with Gasteiger partial charge < -0.3 is 10.6 Å². The molecule has 0 radical (unpaired) electrons. The molecule has 5 nitrogen and oxygen atoms in total. The number of anilines is 1. The molecule has 0 saturated carbocycles. The van der Waals surface area contributed by atoms with Crippen LogP contribution in [0.2, 0.25) is 0 Å². The van der Waals surface area contributed by atoms with Crippen LogP contribution in [0.4, 0.5) is 5.69 Å². The summed E-state index contributed by atoms with van der Waals surface area (Å²) < 4.78 is 0. The van der Waals surface area contributed by atoms with E-state index in [0.717, 1.165) is 21.3 Å². The second-order valence-corrected chi connectivity index (χ2v) is 7.20. The van der Waals surface area contributed by atoms with Gasteiger partial charge in [-0.1, -0.05) is 24.3 Å². The third-order valence-electron chi connectivity index (χ3n) is 3.57. The molecule has 2 aromatic heterocycles. The van der Waals surface area contributed by atoms with E-state index in [2.05, 4.69) is 4.98 Å². The van der Waals surface area contributed by atoms with Crippen molar-refractivity contribution in [1.29, 1.82) is 0 Å². The summed E-state index contributed by atoms with van der Waals surface area (Å²) >= 11 is 3.15. The Bertz CT molecular complexity index is 844. The number of benzene rings is 1. The lowest BCUT2D eigenvalue weighted by Crippen LogP contribution is -2.35.